The van der Waals surface area contributed by atoms with Gasteiger partial charge in [-0.25, -0.2) is 0 Å². The van der Waals surface area contributed by atoms with Gasteiger partial charge in [-0.05, 0) is 11.0 Å². The molecular formula is C8H17NaO3P+. The summed E-state index contributed by atoms with van der Waals surface area (Å²) in [6.07, 6.45) is 6.88. The fraction of sp³-hybridized carbons (Fsp3) is 1.00. The molecule has 0 N–H and O–H groups in total. The van der Waals surface area contributed by atoms with Gasteiger partial charge in [0.2, 0.25) is 0 Å². The Morgan fingerprint density at radius 2 is 1.69 bits per heavy atom. The molecule has 1 atom stereocenters. The third kappa shape index (κ3) is 15.7. The maximum absolute atomic E-state index is 9.95. The van der Waals surface area contributed by atoms with Gasteiger partial charge in [-0.3, -0.25) is 0 Å². The quantitative estimate of drug-likeness (QED) is 0.308. The van der Waals surface area contributed by atoms with Crippen LogP contribution in [0.4, 0.5) is 0 Å². The third-order valence-corrected chi connectivity index (χ3v) is 2.09. The smallest absolute Gasteiger partial charge is 0.566 e. The van der Waals surface area contributed by atoms with Crippen LogP contribution < -0.4 is 34.5 Å². The predicted molar refractivity (Wildman–Crippen MR) is 46.9 cm³/mol. The molecule has 72 valence electrons. The molecule has 0 aromatic heterocycles. The van der Waals surface area contributed by atoms with Gasteiger partial charge in [-0.1, -0.05) is 39.0 Å². The van der Waals surface area contributed by atoms with Crippen molar-refractivity contribution in [2.45, 2.75) is 45.4 Å². The van der Waals surface area contributed by atoms with Gasteiger partial charge in [0, 0.05) is 0 Å². The molecule has 3 nitrogen and oxygen atoms in total. The summed E-state index contributed by atoms with van der Waals surface area (Å²) in [5, 5.41) is 0. The summed E-state index contributed by atoms with van der Waals surface area (Å²) in [6, 6.07) is 0. The van der Waals surface area contributed by atoms with E-state index in [1.165, 1.54) is 25.7 Å². The normalized spacial score (nSPS) is 10.8. The monoisotopic (exact) mass is 215 g/mol. The van der Waals surface area contributed by atoms with Gasteiger partial charge in [0.15, 0.2) is 0 Å². The minimum absolute atomic E-state index is 0. The Morgan fingerprint density at radius 3 is 2.23 bits per heavy atom. The first-order valence-corrected chi connectivity index (χ1v) is 5.64. The molecule has 0 amide bonds. The van der Waals surface area contributed by atoms with E-state index in [9.17, 15) is 9.46 Å². The van der Waals surface area contributed by atoms with E-state index in [-0.39, 0.29) is 29.6 Å². The van der Waals surface area contributed by atoms with Gasteiger partial charge in [0.1, 0.15) is 6.61 Å². The van der Waals surface area contributed by atoms with Crippen LogP contribution in [-0.4, -0.2) is 6.61 Å². The molecule has 0 aromatic carbocycles. The second kappa shape index (κ2) is 13.0. The molecular weight excluding hydrogens is 198 g/mol. The average Bonchev–Trinajstić information content (AvgIpc) is 2.02. The van der Waals surface area contributed by atoms with Crippen molar-refractivity contribution in [3.05, 3.63) is 0 Å². The molecule has 0 rings (SSSR count). The zero-order chi connectivity index (χ0) is 9.23. The zero-order valence-corrected chi connectivity index (χ0v) is 11.5. The third-order valence-electron chi connectivity index (χ3n) is 1.69. The molecule has 0 spiro atoms. The molecule has 0 aromatic rings. The molecule has 0 radical (unpaired) electrons. The van der Waals surface area contributed by atoms with Gasteiger partial charge in [-0.2, -0.15) is 0 Å². The Balaban J connectivity index is 0. The maximum Gasteiger partial charge on any atom is 1.00 e. The Bertz CT molecular complexity index is 122. The van der Waals surface area contributed by atoms with Gasteiger partial charge in [0.25, 0.3) is 0 Å². The van der Waals surface area contributed by atoms with Crippen molar-refractivity contribution in [1.29, 1.82) is 0 Å². The van der Waals surface area contributed by atoms with Crippen LogP contribution in [-0.2, 0) is 9.09 Å². The van der Waals surface area contributed by atoms with Crippen LogP contribution in [0.15, 0.2) is 0 Å². The molecule has 0 aliphatic carbocycles. The van der Waals surface area contributed by atoms with E-state index in [1.54, 1.807) is 0 Å². The van der Waals surface area contributed by atoms with Crippen LogP contribution in [0.2, 0.25) is 0 Å². The molecule has 1 unspecified atom stereocenters. The predicted octanol–water partition coefficient (Wildman–Crippen LogP) is -0.615. The fourth-order valence-electron chi connectivity index (χ4n) is 1.02. The second-order valence-corrected chi connectivity index (χ2v) is 3.53. The number of rotatable bonds is 8. The minimum Gasteiger partial charge on any atom is -0.566 e. The molecule has 0 aliphatic rings. The summed E-state index contributed by atoms with van der Waals surface area (Å²) in [4.78, 5) is 9.95. The molecule has 0 bridgehead atoms. The Kier molecular flexibility index (Phi) is 16.5. The average molecular weight is 215 g/mol. The minimum atomic E-state index is -2.63. The first-order valence-electron chi connectivity index (χ1n) is 4.54. The van der Waals surface area contributed by atoms with Crippen LogP contribution >= 0.6 is 8.25 Å². The van der Waals surface area contributed by atoms with E-state index in [4.69, 9.17) is 0 Å². The Hall–Kier alpha value is 1.02. The van der Waals surface area contributed by atoms with E-state index in [0.717, 1.165) is 12.8 Å². The zero-order valence-electron chi connectivity index (χ0n) is 8.62. The molecule has 13 heavy (non-hydrogen) atoms. The molecule has 0 heterocycles. The van der Waals surface area contributed by atoms with Gasteiger partial charge in [0.05, 0.1) is 0 Å². The summed E-state index contributed by atoms with van der Waals surface area (Å²) in [5.41, 5.74) is 0. The largest absolute Gasteiger partial charge is 1.00 e. The molecule has 5 heteroatoms. The van der Waals surface area contributed by atoms with Crippen LogP contribution in [0.1, 0.15) is 45.4 Å². The molecule has 0 saturated heterocycles. The van der Waals surface area contributed by atoms with Crippen LogP contribution in [0.3, 0.4) is 0 Å². The van der Waals surface area contributed by atoms with E-state index < -0.39 is 8.25 Å². The number of hydrogen-bond acceptors (Lipinski definition) is 3. The van der Waals surface area contributed by atoms with Gasteiger partial charge >= 0.3 is 37.8 Å². The van der Waals surface area contributed by atoms with E-state index in [2.05, 4.69) is 11.4 Å². The van der Waals surface area contributed by atoms with Gasteiger partial charge in [-0.15, -0.1) is 4.52 Å². The van der Waals surface area contributed by atoms with Crippen LogP contribution in [0.25, 0.3) is 0 Å². The number of unbranched alkanes of at least 4 members (excludes halogenated alkanes) is 5. The first-order chi connectivity index (χ1) is 5.77. The molecule has 0 fully saturated rings. The summed E-state index contributed by atoms with van der Waals surface area (Å²) in [7, 11) is -2.63. The summed E-state index contributed by atoms with van der Waals surface area (Å²) >= 11 is 0. The SMILES string of the molecule is CCCCCCCCO[P+](=O)[O-].[Na+]. The van der Waals surface area contributed by atoms with Crippen molar-refractivity contribution in [2.24, 2.45) is 0 Å². The van der Waals surface area contributed by atoms with Crippen molar-refractivity contribution in [2.75, 3.05) is 6.61 Å². The summed E-state index contributed by atoms with van der Waals surface area (Å²) in [5.74, 6) is 0. The van der Waals surface area contributed by atoms with Gasteiger partial charge < -0.3 is 4.89 Å². The molecule has 0 saturated carbocycles. The van der Waals surface area contributed by atoms with Crippen molar-refractivity contribution >= 4 is 8.25 Å². The van der Waals surface area contributed by atoms with Crippen molar-refractivity contribution in [1.82, 2.24) is 0 Å². The van der Waals surface area contributed by atoms with E-state index in [0.29, 0.717) is 6.61 Å². The first kappa shape index (κ1) is 16.4. The topological polar surface area (TPSA) is 49.4 Å². The number of hydrogen-bond donors (Lipinski definition) is 0. The fourth-order valence-corrected chi connectivity index (χ4v) is 1.30. The maximum atomic E-state index is 9.95. The Morgan fingerprint density at radius 1 is 1.15 bits per heavy atom. The van der Waals surface area contributed by atoms with E-state index >= 15 is 0 Å². The van der Waals surface area contributed by atoms with E-state index in [1.807, 2.05) is 0 Å². The summed E-state index contributed by atoms with van der Waals surface area (Å²) < 4.78 is 14.4. The molecule has 0 aliphatic heterocycles. The second-order valence-electron chi connectivity index (χ2n) is 2.82. The van der Waals surface area contributed by atoms with Crippen molar-refractivity contribution in [3.8, 4) is 0 Å². The van der Waals surface area contributed by atoms with Crippen molar-refractivity contribution < 1.29 is 43.5 Å². The van der Waals surface area contributed by atoms with Crippen LogP contribution in [0, 0.1) is 0 Å². The standard InChI is InChI=1S/C8H17O3P.Na/c1-2-3-4-5-6-7-8-11-12(9)10;/h2-8H2,1H3;/q;+1. The van der Waals surface area contributed by atoms with Crippen LogP contribution in [0.5, 0.6) is 0 Å². The Labute approximate surface area is 103 Å². The van der Waals surface area contributed by atoms with Crippen molar-refractivity contribution in [3.63, 3.8) is 0 Å². The summed E-state index contributed by atoms with van der Waals surface area (Å²) in [6.45, 7) is 2.52.